The molecule has 0 spiro atoms. The molecule has 0 heterocycles. The van der Waals surface area contributed by atoms with Crippen LogP contribution in [0.3, 0.4) is 0 Å². The molecule has 1 aromatic carbocycles. The molecule has 0 saturated heterocycles. The first-order valence-corrected chi connectivity index (χ1v) is 9.18. The molecule has 2 N–H and O–H groups in total. The fraction of sp³-hybridized carbons (Fsp3) is 0.455. The molecular formula is C11H17NO4S2. The molecule has 0 fully saturated rings. The number of aryl methyl sites for hydroxylation is 1. The van der Waals surface area contributed by atoms with Gasteiger partial charge in [0.05, 0.1) is 9.79 Å². The van der Waals surface area contributed by atoms with E-state index in [0.717, 1.165) is 12.5 Å². The van der Waals surface area contributed by atoms with Crippen molar-refractivity contribution in [3.63, 3.8) is 0 Å². The average Bonchev–Trinajstić information content (AvgIpc) is 2.23. The molecule has 0 radical (unpaired) electrons. The molecule has 5 nitrogen and oxygen atoms in total. The van der Waals surface area contributed by atoms with E-state index in [4.69, 9.17) is 5.73 Å². The first kappa shape index (κ1) is 15.1. The highest BCUT2D eigenvalue weighted by Crippen LogP contribution is 2.25. The van der Waals surface area contributed by atoms with Gasteiger partial charge in [-0.05, 0) is 31.0 Å². The van der Waals surface area contributed by atoms with E-state index < -0.39 is 19.7 Å². The quantitative estimate of drug-likeness (QED) is 0.846. The van der Waals surface area contributed by atoms with E-state index in [-0.39, 0.29) is 9.79 Å². The van der Waals surface area contributed by atoms with E-state index in [9.17, 15) is 16.8 Å². The van der Waals surface area contributed by atoms with Gasteiger partial charge in [-0.2, -0.15) is 0 Å². The average molecular weight is 291 g/mol. The minimum absolute atomic E-state index is 0.0963. The van der Waals surface area contributed by atoms with Crippen molar-refractivity contribution in [1.29, 1.82) is 0 Å². The summed E-state index contributed by atoms with van der Waals surface area (Å²) in [5, 5.41) is 0. The SMILES string of the molecule is CS(=O)(=O)c1cccc(CCCN)c1S(C)(=O)=O. The Bertz CT molecular complexity index is 633. The van der Waals surface area contributed by atoms with E-state index >= 15 is 0 Å². The number of hydrogen-bond acceptors (Lipinski definition) is 5. The number of nitrogens with two attached hydrogens (primary N) is 1. The second-order valence-corrected chi connectivity index (χ2v) is 8.12. The zero-order valence-electron chi connectivity index (χ0n) is 10.4. The summed E-state index contributed by atoms with van der Waals surface area (Å²) in [4.78, 5) is -0.236. The topological polar surface area (TPSA) is 94.3 Å². The maximum atomic E-state index is 11.8. The van der Waals surface area contributed by atoms with Crippen molar-refractivity contribution < 1.29 is 16.8 Å². The highest BCUT2D eigenvalue weighted by atomic mass is 32.2. The van der Waals surface area contributed by atoms with Gasteiger partial charge in [0.1, 0.15) is 0 Å². The third kappa shape index (κ3) is 3.54. The van der Waals surface area contributed by atoms with Crippen LogP contribution in [-0.2, 0) is 26.1 Å². The van der Waals surface area contributed by atoms with Crippen molar-refractivity contribution in [2.24, 2.45) is 5.73 Å². The number of benzene rings is 1. The van der Waals surface area contributed by atoms with Gasteiger partial charge in [-0.3, -0.25) is 0 Å². The van der Waals surface area contributed by atoms with Crippen molar-refractivity contribution in [3.8, 4) is 0 Å². The molecule has 0 aliphatic rings. The second-order valence-electron chi connectivity index (χ2n) is 4.18. The normalized spacial score (nSPS) is 12.6. The Morgan fingerprint density at radius 1 is 1.06 bits per heavy atom. The molecule has 0 saturated carbocycles. The van der Waals surface area contributed by atoms with Crippen LogP contribution in [0.5, 0.6) is 0 Å². The van der Waals surface area contributed by atoms with E-state index in [2.05, 4.69) is 0 Å². The number of rotatable bonds is 5. The predicted octanol–water partition coefficient (Wildman–Crippen LogP) is 0.385. The lowest BCUT2D eigenvalue weighted by atomic mass is 10.1. The van der Waals surface area contributed by atoms with Crippen LogP contribution in [0, 0.1) is 0 Å². The summed E-state index contributed by atoms with van der Waals surface area (Å²) in [6.45, 7) is 0.423. The first-order chi connectivity index (χ1) is 8.18. The van der Waals surface area contributed by atoms with Crippen molar-refractivity contribution in [1.82, 2.24) is 0 Å². The summed E-state index contributed by atoms with van der Waals surface area (Å²) in [6.07, 6.45) is 3.07. The molecule has 0 bridgehead atoms. The van der Waals surface area contributed by atoms with Gasteiger partial charge >= 0.3 is 0 Å². The second kappa shape index (κ2) is 5.38. The van der Waals surface area contributed by atoms with Crippen LogP contribution in [0.4, 0.5) is 0 Å². The van der Waals surface area contributed by atoms with E-state index in [1.165, 1.54) is 6.07 Å². The molecule has 0 aromatic heterocycles. The third-order valence-corrected chi connectivity index (χ3v) is 4.97. The summed E-state index contributed by atoms with van der Waals surface area (Å²) in [6, 6.07) is 4.50. The number of hydrogen-bond donors (Lipinski definition) is 1. The van der Waals surface area contributed by atoms with E-state index in [1.54, 1.807) is 12.1 Å². The van der Waals surface area contributed by atoms with Crippen LogP contribution >= 0.6 is 0 Å². The molecule has 0 amide bonds. The van der Waals surface area contributed by atoms with Crippen molar-refractivity contribution in [3.05, 3.63) is 23.8 Å². The highest BCUT2D eigenvalue weighted by Gasteiger charge is 2.23. The van der Waals surface area contributed by atoms with Gasteiger partial charge in [-0.25, -0.2) is 16.8 Å². The summed E-state index contributed by atoms with van der Waals surface area (Å²) in [5.41, 5.74) is 5.90. The van der Waals surface area contributed by atoms with Gasteiger partial charge in [-0.1, -0.05) is 12.1 Å². The lowest BCUT2D eigenvalue weighted by molar-refractivity contribution is 0.586. The summed E-state index contributed by atoms with van der Waals surface area (Å²) in [5.74, 6) is 0. The van der Waals surface area contributed by atoms with Gasteiger partial charge in [0.25, 0.3) is 0 Å². The van der Waals surface area contributed by atoms with Gasteiger partial charge < -0.3 is 5.73 Å². The molecule has 0 aliphatic carbocycles. The Balaban J connectivity index is 3.56. The lowest BCUT2D eigenvalue weighted by Gasteiger charge is -2.11. The van der Waals surface area contributed by atoms with Crippen molar-refractivity contribution in [2.75, 3.05) is 19.1 Å². The molecular weight excluding hydrogens is 274 g/mol. The molecule has 1 rings (SSSR count). The Hall–Kier alpha value is -0.920. The van der Waals surface area contributed by atoms with Crippen LogP contribution in [0.1, 0.15) is 12.0 Å². The van der Waals surface area contributed by atoms with E-state index in [1.807, 2.05) is 0 Å². The van der Waals surface area contributed by atoms with Crippen LogP contribution in [-0.4, -0.2) is 35.9 Å². The van der Waals surface area contributed by atoms with Crippen LogP contribution in [0.25, 0.3) is 0 Å². The van der Waals surface area contributed by atoms with E-state index in [0.29, 0.717) is 24.9 Å². The lowest BCUT2D eigenvalue weighted by Crippen LogP contribution is -2.11. The predicted molar refractivity (Wildman–Crippen MR) is 70.0 cm³/mol. The Morgan fingerprint density at radius 2 is 1.67 bits per heavy atom. The largest absolute Gasteiger partial charge is 0.330 e. The molecule has 102 valence electrons. The van der Waals surface area contributed by atoms with Gasteiger partial charge in [0.2, 0.25) is 0 Å². The fourth-order valence-electron chi connectivity index (χ4n) is 1.76. The summed E-state index contributed by atoms with van der Waals surface area (Å²) in [7, 11) is -7.17. The standard InChI is InChI=1S/C11H17NO4S2/c1-17(13,14)10-7-3-5-9(6-4-8-12)11(10)18(2,15)16/h3,5,7H,4,6,8,12H2,1-2H3. The van der Waals surface area contributed by atoms with Crippen LogP contribution in [0.2, 0.25) is 0 Å². The zero-order chi connectivity index (χ0) is 14.0. The molecule has 0 atom stereocenters. The van der Waals surface area contributed by atoms with Gasteiger partial charge in [-0.15, -0.1) is 0 Å². The fourth-order valence-corrected chi connectivity index (χ4v) is 4.55. The zero-order valence-corrected chi connectivity index (χ0v) is 12.0. The van der Waals surface area contributed by atoms with Gasteiger partial charge in [0.15, 0.2) is 19.7 Å². The molecule has 1 aromatic rings. The third-order valence-electron chi connectivity index (χ3n) is 2.48. The number of sulfone groups is 2. The molecule has 7 heteroatoms. The Labute approximate surface area is 108 Å². The first-order valence-electron chi connectivity index (χ1n) is 5.40. The monoisotopic (exact) mass is 291 g/mol. The van der Waals surface area contributed by atoms with Crippen LogP contribution < -0.4 is 5.73 Å². The molecule has 0 unspecified atom stereocenters. The minimum Gasteiger partial charge on any atom is -0.330 e. The smallest absolute Gasteiger partial charge is 0.177 e. The maximum absolute atomic E-state index is 11.8. The van der Waals surface area contributed by atoms with Crippen LogP contribution in [0.15, 0.2) is 28.0 Å². The van der Waals surface area contributed by atoms with Crippen molar-refractivity contribution in [2.45, 2.75) is 22.6 Å². The Morgan fingerprint density at radius 3 is 2.11 bits per heavy atom. The van der Waals surface area contributed by atoms with Crippen molar-refractivity contribution >= 4 is 19.7 Å². The maximum Gasteiger partial charge on any atom is 0.177 e. The summed E-state index contributed by atoms with van der Waals surface area (Å²) < 4.78 is 46.9. The Kier molecular flexibility index (Phi) is 4.52. The highest BCUT2D eigenvalue weighted by molar-refractivity contribution is 7.93. The molecule has 0 aliphatic heterocycles. The van der Waals surface area contributed by atoms with Gasteiger partial charge in [0, 0.05) is 12.5 Å². The molecule has 18 heavy (non-hydrogen) atoms. The summed E-state index contributed by atoms with van der Waals surface area (Å²) >= 11 is 0. The minimum atomic E-state index is -3.60.